The number of thioether (sulfide) groups is 1. The summed E-state index contributed by atoms with van der Waals surface area (Å²) >= 11 is 4.74. The number of pyridine rings is 1. The van der Waals surface area contributed by atoms with E-state index >= 15 is 0 Å². The average Bonchev–Trinajstić information content (AvgIpc) is 3.10. The quantitative estimate of drug-likeness (QED) is 0.604. The molecule has 0 saturated heterocycles. The van der Waals surface area contributed by atoms with Crippen molar-refractivity contribution in [1.82, 2.24) is 15.1 Å². The second-order valence-electron chi connectivity index (χ2n) is 5.10. The van der Waals surface area contributed by atoms with Crippen LogP contribution in [0.4, 0.5) is 5.69 Å². The molecule has 0 aliphatic carbocycles. The van der Waals surface area contributed by atoms with Crippen LogP contribution in [0.2, 0.25) is 0 Å². The van der Waals surface area contributed by atoms with Crippen molar-refractivity contribution in [3.8, 4) is 11.5 Å². The first-order chi connectivity index (χ1) is 12.1. The molecule has 0 unspecified atom stereocenters. The summed E-state index contributed by atoms with van der Waals surface area (Å²) in [6.07, 6.45) is 2.39. The minimum atomic E-state index is -0.0848. The van der Waals surface area contributed by atoms with Crippen LogP contribution < -0.4 is 5.32 Å². The van der Waals surface area contributed by atoms with Crippen molar-refractivity contribution < 1.29 is 9.32 Å². The van der Waals surface area contributed by atoms with E-state index in [2.05, 4.69) is 36.4 Å². The lowest BCUT2D eigenvalue weighted by Gasteiger charge is -2.05. The van der Waals surface area contributed by atoms with E-state index in [9.17, 15) is 4.79 Å². The Bertz CT molecular complexity index is 867. The maximum atomic E-state index is 12.0. The van der Waals surface area contributed by atoms with Crippen LogP contribution in [0.3, 0.4) is 0 Å². The molecule has 1 aromatic carbocycles. The molecule has 0 radical (unpaired) electrons. The molecule has 0 fully saturated rings. The van der Waals surface area contributed by atoms with E-state index in [4.69, 9.17) is 4.52 Å². The fourth-order valence-electron chi connectivity index (χ4n) is 2.01. The molecule has 2 heterocycles. The van der Waals surface area contributed by atoms with Crippen LogP contribution in [0.25, 0.3) is 11.5 Å². The molecule has 128 valence electrons. The summed E-state index contributed by atoms with van der Waals surface area (Å²) in [4.78, 5) is 20.6. The number of nitrogens with zero attached hydrogens (tertiary/aromatic N) is 3. The van der Waals surface area contributed by atoms with Crippen molar-refractivity contribution in [2.24, 2.45) is 0 Å². The number of aryl methyl sites for hydroxylation is 1. The largest absolute Gasteiger partial charge is 0.334 e. The third-order valence-electron chi connectivity index (χ3n) is 3.23. The fourth-order valence-corrected chi connectivity index (χ4v) is 3.05. The lowest BCUT2D eigenvalue weighted by molar-refractivity contribution is -0.113. The fraction of sp³-hybridized carbons (Fsp3) is 0.176. The lowest BCUT2D eigenvalue weighted by Crippen LogP contribution is -2.14. The molecule has 0 aliphatic heterocycles. The number of anilines is 1. The Morgan fingerprint density at radius 2 is 2.20 bits per heavy atom. The van der Waals surface area contributed by atoms with Gasteiger partial charge in [-0.25, -0.2) is 4.98 Å². The van der Waals surface area contributed by atoms with Gasteiger partial charge >= 0.3 is 0 Å². The molecule has 0 atom stereocenters. The van der Waals surface area contributed by atoms with Crippen molar-refractivity contribution in [2.75, 3.05) is 11.1 Å². The molecule has 3 rings (SSSR count). The number of carbonyl (C=O) groups excluding carboxylic acids is 1. The minimum absolute atomic E-state index is 0.0848. The number of nitrogens with one attached hydrogen (secondary N) is 1. The highest BCUT2D eigenvalue weighted by Gasteiger charge is 2.09. The highest BCUT2D eigenvalue weighted by molar-refractivity contribution is 9.10. The summed E-state index contributed by atoms with van der Waals surface area (Å²) in [5.41, 5.74) is 1.52. The van der Waals surface area contributed by atoms with E-state index in [0.29, 0.717) is 11.7 Å². The Balaban J connectivity index is 1.55. The Hall–Kier alpha value is -2.19. The summed E-state index contributed by atoms with van der Waals surface area (Å²) in [5.74, 6) is 1.31. The van der Waals surface area contributed by atoms with E-state index in [-0.39, 0.29) is 11.7 Å². The Kier molecular flexibility index (Phi) is 5.83. The summed E-state index contributed by atoms with van der Waals surface area (Å²) in [6.45, 7) is 1.96. The summed E-state index contributed by atoms with van der Waals surface area (Å²) in [7, 11) is 0. The molecule has 6 nitrogen and oxygen atoms in total. The standard InChI is InChI=1S/C17H15BrN4O2S/c1-2-14-21-17(24-22-14)11-6-7-16(19-9-11)25-10-15(23)20-13-5-3-4-12(18)8-13/h3-9H,2,10H2,1H3,(H,20,23). The number of halogens is 1. The molecular weight excluding hydrogens is 404 g/mol. The van der Waals surface area contributed by atoms with Crippen LogP contribution in [0.5, 0.6) is 0 Å². The molecule has 1 N–H and O–H groups in total. The Labute approximate surface area is 157 Å². The van der Waals surface area contributed by atoms with Gasteiger partial charge in [0.1, 0.15) is 0 Å². The second-order valence-corrected chi connectivity index (χ2v) is 7.01. The van der Waals surface area contributed by atoms with Gasteiger partial charge < -0.3 is 9.84 Å². The van der Waals surface area contributed by atoms with Gasteiger partial charge in [-0.3, -0.25) is 4.79 Å². The molecule has 2 aromatic heterocycles. The van der Waals surface area contributed by atoms with Gasteiger partial charge in [0.2, 0.25) is 5.91 Å². The first-order valence-corrected chi connectivity index (χ1v) is 9.39. The molecule has 8 heteroatoms. The Morgan fingerprint density at radius 1 is 1.32 bits per heavy atom. The van der Waals surface area contributed by atoms with Gasteiger partial charge in [-0.05, 0) is 30.3 Å². The minimum Gasteiger partial charge on any atom is -0.334 e. The molecule has 0 spiro atoms. The van der Waals surface area contributed by atoms with Crippen molar-refractivity contribution in [2.45, 2.75) is 18.4 Å². The highest BCUT2D eigenvalue weighted by atomic mass is 79.9. The molecule has 0 aliphatic rings. The third kappa shape index (κ3) is 4.90. The predicted octanol–water partition coefficient (Wildman–Crippen LogP) is 4.19. The first kappa shape index (κ1) is 17.6. The van der Waals surface area contributed by atoms with E-state index < -0.39 is 0 Å². The van der Waals surface area contributed by atoms with Crippen molar-refractivity contribution in [3.63, 3.8) is 0 Å². The second kappa shape index (κ2) is 8.26. The van der Waals surface area contributed by atoms with E-state index in [1.54, 1.807) is 6.20 Å². The summed E-state index contributed by atoms with van der Waals surface area (Å²) < 4.78 is 6.10. The normalized spacial score (nSPS) is 10.6. The monoisotopic (exact) mass is 418 g/mol. The molecule has 0 bridgehead atoms. The maximum Gasteiger partial charge on any atom is 0.259 e. The molecule has 0 saturated carbocycles. The van der Waals surface area contributed by atoms with Crippen molar-refractivity contribution in [1.29, 1.82) is 0 Å². The number of aromatic nitrogens is 3. The zero-order valence-corrected chi connectivity index (χ0v) is 15.8. The zero-order valence-electron chi connectivity index (χ0n) is 13.4. The van der Waals surface area contributed by atoms with Gasteiger partial charge in [0.15, 0.2) is 5.82 Å². The van der Waals surface area contributed by atoms with Crippen molar-refractivity contribution >= 4 is 39.3 Å². The highest BCUT2D eigenvalue weighted by Crippen LogP contribution is 2.21. The summed E-state index contributed by atoms with van der Waals surface area (Å²) in [5, 5.41) is 7.47. The number of rotatable bonds is 6. The van der Waals surface area contributed by atoms with Crippen LogP contribution in [-0.4, -0.2) is 26.8 Å². The van der Waals surface area contributed by atoms with E-state index in [1.807, 2.05) is 43.3 Å². The number of hydrogen-bond donors (Lipinski definition) is 1. The van der Waals surface area contributed by atoms with Gasteiger partial charge in [-0.2, -0.15) is 4.98 Å². The zero-order chi connectivity index (χ0) is 17.6. The first-order valence-electron chi connectivity index (χ1n) is 7.61. The molecule has 25 heavy (non-hydrogen) atoms. The number of hydrogen-bond acceptors (Lipinski definition) is 6. The third-order valence-corrected chi connectivity index (χ3v) is 4.66. The van der Waals surface area contributed by atoms with Gasteiger partial charge in [0.25, 0.3) is 5.89 Å². The molecule has 3 aromatic rings. The van der Waals surface area contributed by atoms with Crippen LogP contribution in [-0.2, 0) is 11.2 Å². The summed E-state index contributed by atoms with van der Waals surface area (Å²) in [6, 6.07) is 11.2. The lowest BCUT2D eigenvalue weighted by atomic mass is 10.3. The topological polar surface area (TPSA) is 80.9 Å². The Morgan fingerprint density at radius 3 is 2.88 bits per heavy atom. The van der Waals surface area contributed by atoms with E-state index in [1.165, 1.54) is 11.8 Å². The SMILES string of the molecule is CCc1noc(-c2ccc(SCC(=O)Nc3cccc(Br)c3)nc2)n1. The molecule has 1 amide bonds. The number of benzene rings is 1. The van der Waals surface area contributed by atoms with Gasteiger partial charge in [0.05, 0.1) is 16.3 Å². The van der Waals surface area contributed by atoms with Crippen molar-refractivity contribution in [3.05, 3.63) is 52.9 Å². The maximum absolute atomic E-state index is 12.0. The average molecular weight is 419 g/mol. The van der Waals surface area contributed by atoms with Gasteiger partial charge in [-0.1, -0.05) is 45.8 Å². The molecular formula is C17H15BrN4O2S. The predicted molar refractivity (Wildman–Crippen MR) is 100 cm³/mol. The smallest absolute Gasteiger partial charge is 0.259 e. The van der Waals surface area contributed by atoms with E-state index in [0.717, 1.165) is 27.2 Å². The van der Waals surface area contributed by atoms with Gasteiger partial charge in [0, 0.05) is 22.8 Å². The van der Waals surface area contributed by atoms with Crippen LogP contribution in [0.1, 0.15) is 12.7 Å². The van der Waals surface area contributed by atoms with Crippen LogP contribution >= 0.6 is 27.7 Å². The number of carbonyl (C=O) groups is 1. The van der Waals surface area contributed by atoms with Crippen LogP contribution in [0, 0.1) is 0 Å². The van der Waals surface area contributed by atoms with Gasteiger partial charge in [-0.15, -0.1) is 0 Å². The number of amides is 1. The van der Waals surface area contributed by atoms with Crippen LogP contribution in [0.15, 0.2) is 56.6 Å².